The average molecular weight is 230 g/mol. The Kier molecular flexibility index (Phi) is 2.28. The van der Waals surface area contributed by atoms with Gasteiger partial charge in [-0.25, -0.2) is 0 Å². The zero-order chi connectivity index (χ0) is 11.8. The van der Waals surface area contributed by atoms with Gasteiger partial charge in [0.05, 0.1) is 5.52 Å². The highest BCUT2D eigenvalue weighted by Crippen LogP contribution is 2.24. The molecule has 1 aliphatic rings. The highest BCUT2D eigenvalue weighted by atomic mass is 16.3. The predicted octanol–water partition coefficient (Wildman–Crippen LogP) is 1.83. The standard InChI is InChI=1S/C13H14N2O2/c16-11-5-3-4-9-8-10(13(17)14-12(9)11)15-6-1-2-7-15/h3-5,8,16H,1-2,6-7H2,(H,14,17). The van der Waals surface area contributed by atoms with Gasteiger partial charge in [0.25, 0.3) is 5.56 Å². The molecule has 1 saturated heterocycles. The maximum absolute atomic E-state index is 12.0. The quantitative estimate of drug-likeness (QED) is 0.785. The summed E-state index contributed by atoms with van der Waals surface area (Å²) in [7, 11) is 0. The normalized spacial score (nSPS) is 15.6. The number of benzene rings is 1. The minimum atomic E-state index is -0.124. The molecule has 2 aromatic rings. The fourth-order valence-corrected chi connectivity index (χ4v) is 2.40. The lowest BCUT2D eigenvalue weighted by molar-refractivity contribution is 0.480. The van der Waals surface area contributed by atoms with Crippen molar-refractivity contribution in [3.63, 3.8) is 0 Å². The van der Waals surface area contributed by atoms with Gasteiger partial charge in [0.1, 0.15) is 11.4 Å². The van der Waals surface area contributed by atoms with Crippen molar-refractivity contribution < 1.29 is 5.11 Å². The first-order valence-corrected chi connectivity index (χ1v) is 5.86. The van der Waals surface area contributed by atoms with Gasteiger partial charge in [0.2, 0.25) is 0 Å². The second kappa shape index (κ2) is 3.80. The first kappa shape index (κ1) is 10.2. The number of phenols is 1. The molecule has 0 atom stereocenters. The van der Waals surface area contributed by atoms with Gasteiger partial charge in [-0.05, 0) is 25.0 Å². The fourth-order valence-electron chi connectivity index (χ4n) is 2.40. The first-order valence-electron chi connectivity index (χ1n) is 5.86. The van der Waals surface area contributed by atoms with Crippen LogP contribution in [0.2, 0.25) is 0 Å². The van der Waals surface area contributed by atoms with E-state index in [9.17, 15) is 9.90 Å². The van der Waals surface area contributed by atoms with Crippen LogP contribution in [0.3, 0.4) is 0 Å². The Hall–Kier alpha value is -1.97. The van der Waals surface area contributed by atoms with E-state index in [0.29, 0.717) is 11.2 Å². The number of anilines is 1. The molecule has 88 valence electrons. The number of fused-ring (bicyclic) bond motifs is 1. The summed E-state index contributed by atoms with van der Waals surface area (Å²) in [4.78, 5) is 16.8. The second-order valence-corrected chi connectivity index (χ2v) is 4.42. The van der Waals surface area contributed by atoms with Gasteiger partial charge in [-0.1, -0.05) is 12.1 Å². The third-order valence-corrected chi connectivity index (χ3v) is 3.28. The highest BCUT2D eigenvalue weighted by Gasteiger charge is 2.16. The zero-order valence-corrected chi connectivity index (χ0v) is 9.44. The Bertz CT molecular complexity index is 612. The Morgan fingerprint density at radius 3 is 2.76 bits per heavy atom. The number of aromatic nitrogens is 1. The summed E-state index contributed by atoms with van der Waals surface area (Å²) in [6.07, 6.45) is 2.27. The van der Waals surface area contributed by atoms with E-state index >= 15 is 0 Å². The molecule has 2 heterocycles. The molecule has 3 rings (SSSR count). The predicted molar refractivity (Wildman–Crippen MR) is 67.7 cm³/mol. The minimum absolute atomic E-state index is 0.118. The van der Waals surface area contributed by atoms with Crippen LogP contribution in [0.1, 0.15) is 12.8 Å². The number of hydrogen-bond acceptors (Lipinski definition) is 3. The van der Waals surface area contributed by atoms with Gasteiger partial charge in [0.15, 0.2) is 0 Å². The molecular formula is C13H14N2O2. The molecule has 0 radical (unpaired) electrons. The summed E-state index contributed by atoms with van der Waals surface area (Å²) in [5, 5.41) is 10.5. The summed E-state index contributed by atoms with van der Waals surface area (Å²) >= 11 is 0. The van der Waals surface area contributed by atoms with E-state index in [4.69, 9.17) is 0 Å². The number of hydrogen-bond donors (Lipinski definition) is 2. The number of H-pyrrole nitrogens is 1. The lowest BCUT2D eigenvalue weighted by atomic mass is 10.2. The van der Waals surface area contributed by atoms with Crippen LogP contribution in [0.25, 0.3) is 10.9 Å². The van der Waals surface area contributed by atoms with Gasteiger partial charge < -0.3 is 15.0 Å². The highest BCUT2D eigenvalue weighted by molar-refractivity contribution is 5.86. The van der Waals surface area contributed by atoms with Crippen LogP contribution in [0.4, 0.5) is 5.69 Å². The zero-order valence-electron chi connectivity index (χ0n) is 9.44. The summed E-state index contributed by atoms with van der Waals surface area (Å²) in [5.74, 6) is 0.118. The van der Waals surface area contributed by atoms with E-state index in [2.05, 4.69) is 9.88 Å². The van der Waals surface area contributed by atoms with Crippen molar-refractivity contribution in [1.29, 1.82) is 0 Å². The molecule has 2 N–H and O–H groups in total. The Morgan fingerprint density at radius 2 is 2.00 bits per heavy atom. The van der Waals surface area contributed by atoms with Crippen LogP contribution >= 0.6 is 0 Å². The Morgan fingerprint density at radius 1 is 1.24 bits per heavy atom. The molecule has 4 nitrogen and oxygen atoms in total. The van der Waals surface area contributed by atoms with E-state index in [1.165, 1.54) is 0 Å². The Labute approximate surface area is 98.5 Å². The molecular weight excluding hydrogens is 216 g/mol. The molecule has 0 saturated carbocycles. The number of nitrogens with zero attached hydrogens (tertiary/aromatic N) is 1. The van der Waals surface area contributed by atoms with Crippen molar-refractivity contribution in [2.24, 2.45) is 0 Å². The van der Waals surface area contributed by atoms with Crippen molar-refractivity contribution in [2.45, 2.75) is 12.8 Å². The molecule has 0 spiro atoms. The molecule has 4 heteroatoms. The van der Waals surface area contributed by atoms with E-state index in [1.807, 2.05) is 12.1 Å². The monoisotopic (exact) mass is 230 g/mol. The van der Waals surface area contributed by atoms with E-state index in [0.717, 1.165) is 31.3 Å². The summed E-state index contributed by atoms with van der Waals surface area (Å²) in [6.45, 7) is 1.88. The number of pyridine rings is 1. The van der Waals surface area contributed by atoms with E-state index in [-0.39, 0.29) is 11.3 Å². The largest absolute Gasteiger partial charge is 0.506 e. The van der Waals surface area contributed by atoms with Crippen molar-refractivity contribution in [3.05, 3.63) is 34.6 Å². The van der Waals surface area contributed by atoms with Crippen molar-refractivity contribution in [2.75, 3.05) is 18.0 Å². The lowest BCUT2D eigenvalue weighted by Gasteiger charge is -2.16. The molecule has 1 aromatic carbocycles. The number of nitrogens with one attached hydrogen (secondary N) is 1. The lowest BCUT2D eigenvalue weighted by Crippen LogP contribution is -2.25. The average Bonchev–Trinajstić information content (AvgIpc) is 2.83. The van der Waals surface area contributed by atoms with Crippen LogP contribution in [-0.2, 0) is 0 Å². The van der Waals surface area contributed by atoms with Crippen LogP contribution in [0, 0.1) is 0 Å². The summed E-state index contributed by atoms with van der Waals surface area (Å²) in [6, 6.07) is 7.11. The minimum Gasteiger partial charge on any atom is -0.506 e. The fraction of sp³-hybridized carbons (Fsp3) is 0.308. The molecule has 0 aliphatic carbocycles. The third kappa shape index (κ3) is 1.65. The van der Waals surface area contributed by atoms with Gasteiger partial charge in [0, 0.05) is 18.5 Å². The molecule has 1 aromatic heterocycles. The summed E-state index contributed by atoms with van der Waals surface area (Å²) in [5.41, 5.74) is 1.10. The van der Waals surface area contributed by atoms with Crippen LogP contribution in [0.15, 0.2) is 29.1 Å². The topological polar surface area (TPSA) is 56.3 Å². The number of aromatic amines is 1. The molecule has 0 amide bonds. The number of phenolic OH excluding ortho intramolecular Hbond substituents is 1. The van der Waals surface area contributed by atoms with Crippen molar-refractivity contribution in [3.8, 4) is 5.75 Å². The van der Waals surface area contributed by atoms with E-state index < -0.39 is 0 Å². The van der Waals surface area contributed by atoms with Gasteiger partial charge in [-0.2, -0.15) is 0 Å². The first-order chi connectivity index (χ1) is 8.25. The van der Waals surface area contributed by atoms with Crippen LogP contribution < -0.4 is 10.5 Å². The number of rotatable bonds is 1. The third-order valence-electron chi connectivity index (χ3n) is 3.28. The molecule has 17 heavy (non-hydrogen) atoms. The van der Waals surface area contributed by atoms with Crippen molar-refractivity contribution in [1.82, 2.24) is 4.98 Å². The van der Waals surface area contributed by atoms with Crippen LogP contribution in [-0.4, -0.2) is 23.2 Å². The number of aromatic hydroxyl groups is 1. The van der Waals surface area contributed by atoms with Crippen LogP contribution in [0.5, 0.6) is 5.75 Å². The SMILES string of the molecule is O=c1[nH]c2c(O)cccc2cc1N1CCCC1. The molecule has 1 aliphatic heterocycles. The maximum atomic E-state index is 12.0. The molecule has 0 unspecified atom stereocenters. The second-order valence-electron chi connectivity index (χ2n) is 4.42. The van der Waals surface area contributed by atoms with Gasteiger partial charge >= 0.3 is 0 Å². The maximum Gasteiger partial charge on any atom is 0.272 e. The summed E-state index contributed by atoms with van der Waals surface area (Å²) < 4.78 is 0. The molecule has 1 fully saturated rings. The molecule has 0 bridgehead atoms. The smallest absolute Gasteiger partial charge is 0.272 e. The van der Waals surface area contributed by atoms with Gasteiger partial charge in [-0.3, -0.25) is 4.79 Å². The van der Waals surface area contributed by atoms with E-state index in [1.54, 1.807) is 12.1 Å². The Balaban J connectivity index is 2.20. The number of para-hydroxylation sites is 1. The van der Waals surface area contributed by atoms with Crippen molar-refractivity contribution >= 4 is 16.6 Å². The van der Waals surface area contributed by atoms with Gasteiger partial charge in [-0.15, -0.1) is 0 Å².